The van der Waals surface area contributed by atoms with Crippen LogP contribution in [0.25, 0.3) is 5.65 Å². The van der Waals surface area contributed by atoms with Crippen molar-refractivity contribution in [1.29, 1.82) is 0 Å². The van der Waals surface area contributed by atoms with E-state index in [0.29, 0.717) is 31.0 Å². The van der Waals surface area contributed by atoms with Crippen LogP contribution in [0.15, 0.2) is 54.9 Å². The Hall–Kier alpha value is -3.35. The van der Waals surface area contributed by atoms with Crippen LogP contribution in [0.4, 0.5) is 5.69 Å². The van der Waals surface area contributed by atoms with Crippen molar-refractivity contribution in [2.75, 3.05) is 11.9 Å². The summed E-state index contributed by atoms with van der Waals surface area (Å²) in [7, 11) is 0. The van der Waals surface area contributed by atoms with Gasteiger partial charge in [0.1, 0.15) is 24.0 Å². The zero-order valence-corrected chi connectivity index (χ0v) is 18.2. The Bertz CT molecular complexity index is 1070. The highest BCUT2D eigenvalue weighted by Gasteiger charge is 2.38. The van der Waals surface area contributed by atoms with Crippen LogP contribution in [0.2, 0.25) is 0 Å². The number of imidazole rings is 1. The summed E-state index contributed by atoms with van der Waals surface area (Å²) >= 11 is 0. The number of aromatic nitrogens is 2. The predicted molar refractivity (Wildman–Crippen MR) is 119 cm³/mol. The number of nitrogens with zero attached hydrogens (tertiary/aromatic N) is 3. The van der Waals surface area contributed by atoms with E-state index in [4.69, 9.17) is 4.74 Å². The second-order valence-corrected chi connectivity index (χ2v) is 8.91. The summed E-state index contributed by atoms with van der Waals surface area (Å²) in [6.07, 6.45) is 5.39. The standard InChI is InChI=1S/C24H28N4O3/c1-24(2,3)23(30)28-13-7-10-20(28)22(29)26-17-8-6-9-19(14-17)31-16-18-15-27-12-5-4-11-21(27)25-18/h4-6,8-9,11-12,14-15,20H,7,10,13,16H2,1-3H3,(H,26,29). The zero-order valence-electron chi connectivity index (χ0n) is 18.2. The summed E-state index contributed by atoms with van der Waals surface area (Å²) in [4.78, 5) is 31.8. The van der Waals surface area contributed by atoms with Gasteiger partial charge in [-0.3, -0.25) is 9.59 Å². The fraction of sp³-hybridized carbons (Fsp3) is 0.375. The molecule has 0 radical (unpaired) electrons. The molecule has 1 N–H and O–H groups in total. The Balaban J connectivity index is 1.39. The first-order valence-corrected chi connectivity index (χ1v) is 10.6. The number of benzene rings is 1. The number of fused-ring (bicyclic) bond motifs is 1. The van der Waals surface area contributed by atoms with Crippen LogP contribution >= 0.6 is 0 Å². The Kier molecular flexibility index (Phi) is 5.67. The van der Waals surface area contributed by atoms with Crippen LogP contribution in [0.3, 0.4) is 0 Å². The quantitative estimate of drug-likeness (QED) is 0.679. The number of carbonyl (C=O) groups is 2. The van der Waals surface area contributed by atoms with Crippen molar-refractivity contribution in [3.8, 4) is 5.75 Å². The molecule has 2 aromatic heterocycles. The van der Waals surface area contributed by atoms with E-state index in [1.807, 2.05) is 74.0 Å². The number of nitrogens with one attached hydrogen (secondary N) is 1. The first-order valence-electron chi connectivity index (χ1n) is 10.6. The zero-order chi connectivity index (χ0) is 22.0. The van der Waals surface area contributed by atoms with E-state index in [0.717, 1.165) is 17.8 Å². The molecule has 0 spiro atoms. The lowest BCUT2D eigenvalue weighted by atomic mass is 9.94. The lowest BCUT2D eigenvalue weighted by Crippen LogP contribution is -2.47. The van der Waals surface area contributed by atoms with E-state index < -0.39 is 11.5 Å². The molecule has 162 valence electrons. The number of pyridine rings is 1. The fourth-order valence-corrected chi connectivity index (χ4v) is 3.82. The van der Waals surface area contributed by atoms with E-state index in [-0.39, 0.29) is 11.8 Å². The summed E-state index contributed by atoms with van der Waals surface area (Å²) in [5.74, 6) is 0.492. The third kappa shape index (κ3) is 4.71. The van der Waals surface area contributed by atoms with Gasteiger partial charge in [-0.1, -0.05) is 32.9 Å². The Morgan fingerprint density at radius 1 is 1.19 bits per heavy atom. The number of ether oxygens (including phenoxy) is 1. The van der Waals surface area contributed by atoms with Crippen molar-refractivity contribution >= 4 is 23.1 Å². The molecule has 3 heterocycles. The largest absolute Gasteiger partial charge is 0.487 e. The van der Waals surface area contributed by atoms with Gasteiger partial charge in [0.05, 0.1) is 5.69 Å². The van der Waals surface area contributed by atoms with Crippen LogP contribution in [0.1, 0.15) is 39.3 Å². The molecular weight excluding hydrogens is 392 g/mol. The molecule has 1 saturated heterocycles. The molecule has 7 nitrogen and oxygen atoms in total. The molecule has 1 aliphatic heterocycles. The minimum absolute atomic E-state index is 0.00897. The number of hydrogen-bond donors (Lipinski definition) is 1. The van der Waals surface area contributed by atoms with Gasteiger partial charge in [-0.15, -0.1) is 0 Å². The first kappa shape index (κ1) is 20.9. The minimum Gasteiger partial charge on any atom is -0.487 e. The van der Waals surface area contributed by atoms with Gasteiger partial charge < -0.3 is 19.4 Å². The molecule has 0 saturated carbocycles. The monoisotopic (exact) mass is 420 g/mol. The van der Waals surface area contributed by atoms with E-state index in [2.05, 4.69) is 10.3 Å². The van der Waals surface area contributed by atoms with Crippen molar-refractivity contribution in [1.82, 2.24) is 14.3 Å². The summed E-state index contributed by atoms with van der Waals surface area (Å²) in [5, 5.41) is 2.95. The second kappa shape index (κ2) is 8.41. The average molecular weight is 421 g/mol. The van der Waals surface area contributed by atoms with Gasteiger partial charge in [-0.05, 0) is 37.1 Å². The van der Waals surface area contributed by atoms with Crippen LogP contribution in [0, 0.1) is 5.41 Å². The molecule has 0 bridgehead atoms. The molecular formula is C24H28N4O3. The fourth-order valence-electron chi connectivity index (χ4n) is 3.82. The van der Waals surface area contributed by atoms with Crippen LogP contribution < -0.4 is 10.1 Å². The molecule has 0 aliphatic carbocycles. The predicted octanol–water partition coefficient (Wildman–Crippen LogP) is 3.89. The van der Waals surface area contributed by atoms with Crippen LogP contribution in [0.5, 0.6) is 5.75 Å². The third-order valence-electron chi connectivity index (χ3n) is 5.36. The summed E-state index contributed by atoms with van der Waals surface area (Å²) in [6, 6.07) is 12.7. The molecule has 1 unspecified atom stereocenters. The number of rotatable bonds is 5. The Morgan fingerprint density at radius 2 is 2.03 bits per heavy atom. The molecule has 2 amide bonds. The number of carbonyl (C=O) groups excluding carboxylic acids is 2. The van der Waals surface area contributed by atoms with Gasteiger partial charge in [-0.25, -0.2) is 4.98 Å². The molecule has 3 aromatic rings. The first-order chi connectivity index (χ1) is 14.8. The maximum Gasteiger partial charge on any atom is 0.247 e. The highest BCUT2D eigenvalue weighted by molar-refractivity contribution is 5.98. The maximum absolute atomic E-state index is 12.9. The van der Waals surface area contributed by atoms with Gasteiger partial charge in [0.15, 0.2) is 0 Å². The number of likely N-dealkylation sites (tertiary alicyclic amines) is 1. The molecule has 31 heavy (non-hydrogen) atoms. The maximum atomic E-state index is 12.9. The summed E-state index contributed by atoms with van der Waals surface area (Å²) in [5.41, 5.74) is 1.83. The van der Waals surface area contributed by atoms with Crippen molar-refractivity contribution in [2.24, 2.45) is 5.41 Å². The van der Waals surface area contributed by atoms with Crippen LogP contribution in [-0.4, -0.2) is 38.7 Å². The third-order valence-corrected chi connectivity index (χ3v) is 5.36. The van der Waals surface area contributed by atoms with Crippen molar-refractivity contribution in [3.05, 3.63) is 60.6 Å². The van der Waals surface area contributed by atoms with Crippen LogP contribution in [-0.2, 0) is 16.2 Å². The molecule has 4 rings (SSSR count). The normalized spacial score (nSPS) is 16.5. The van der Waals surface area contributed by atoms with Gasteiger partial charge >= 0.3 is 0 Å². The lowest BCUT2D eigenvalue weighted by molar-refractivity contribution is -0.143. The topological polar surface area (TPSA) is 75.9 Å². The summed E-state index contributed by atoms with van der Waals surface area (Å²) < 4.78 is 7.83. The highest BCUT2D eigenvalue weighted by atomic mass is 16.5. The van der Waals surface area contributed by atoms with Gasteiger partial charge in [-0.2, -0.15) is 0 Å². The van der Waals surface area contributed by atoms with E-state index in [9.17, 15) is 9.59 Å². The van der Waals surface area contributed by atoms with E-state index >= 15 is 0 Å². The molecule has 1 atom stereocenters. The Labute approximate surface area is 182 Å². The van der Waals surface area contributed by atoms with Gasteiger partial charge in [0.2, 0.25) is 11.8 Å². The molecule has 1 fully saturated rings. The number of anilines is 1. The molecule has 1 aliphatic rings. The molecule has 1 aromatic carbocycles. The summed E-state index contributed by atoms with van der Waals surface area (Å²) in [6.45, 7) is 6.59. The minimum atomic E-state index is -0.505. The highest BCUT2D eigenvalue weighted by Crippen LogP contribution is 2.27. The van der Waals surface area contributed by atoms with Crippen molar-refractivity contribution in [2.45, 2.75) is 46.3 Å². The molecule has 7 heteroatoms. The lowest BCUT2D eigenvalue weighted by Gasteiger charge is -2.30. The van der Waals surface area contributed by atoms with E-state index in [1.54, 1.807) is 11.0 Å². The average Bonchev–Trinajstić information content (AvgIpc) is 3.38. The number of amides is 2. The Morgan fingerprint density at radius 3 is 2.81 bits per heavy atom. The van der Waals surface area contributed by atoms with Gasteiger partial charge in [0, 0.05) is 36.1 Å². The van der Waals surface area contributed by atoms with Crippen molar-refractivity contribution < 1.29 is 14.3 Å². The SMILES string of the molecule is CC(C)(C)C(=O)N1CCCC1C(=O)Nc1cccc(OCc2cn3ccccc3n2)c1. The smallest absolute Gasteiger partial charge is 0.247 e. The van der Waals surface area contributed by atoms with Crippen molar-refractivity contribution in [3.63, 3.8) is 0 Å². The van der Waals surface area contributed by atoms with Gasteiger partial charge in [0.25, 0.3) is 0 Å². The number of hydrogen-bond acceptors (Lipinski definition) is 4. The van der Waals surface area contributed by atoms with E-state index in [1.165, 1.54) is 0 Å². The second-order valence-electron chi connectivity index (χ2n) is 8.91.